The Kier molecular flexibility index (Phi) is 7.60. The van der Waals surface area contributed by atoms with Gasteiger partial charge in [-0.3, -0.25) is 24.6 Å². The van der Waals surface area contributed by atoms with Crippen molar-refractivity contribution in [3.63, 3.8) is 0 Å². The zero-order chi connectivity index (χ0) is 26.6. The molecule has 4 rings (SSSR count). The molecule has 0 atom stereocenters. The number of carbonyl (C=O) groups is 2. The van der Waals surface area contributed by atoms with E-state index in [4.69, 9.17) is 8.92 Å². The van der Waals surface area contributed by atoms with Gasteiger partial charge in [0.1, 0.15) is 23.0 Å². The first-order valence-electron chi connectivity index (χ1n) is 10.9. The number of hydrogen-bond donors (Lipinski definition) is 0. The lowest BCUT2D eigenvalue weighted by atomic mass is 10.2. The lowest BCUT2D eigenvalue weighted by Crippen LogP contribution is -2.32. The second-order valence-corrected chi connectivity index (χ2v) is 10.4. The molecule has 37 heavy (non-hydrogen) atoms. The van der Waals surface area contributed by atoms with Gasteiger partial charge in [0.05, 0.1) is 16.4 Å². The van der Waals surface area contributed by atoms with Crippen molar-refractivity contribution < 1.29 is 31.9 Å². The third kappa shape index (κ3) is 6.35. The second-order valence-electron chi connectivity index (χ2n) is 7.85. The second kappa shape index (κ2) is 10.8. The third-order valence-electron chi connectivity index (χ3n) is 5.20. The zero-order valence-corrected chi connectivity index (χ0v) is 21.0. The van der Waals surface area contributed by atoms with Gasteiger partial charge in [0.25, 0.3) is 16.8 Å². The Morgan fingerprint density at radius 2 is 1.57 bits per heavy atom. The van der Waals surface area contributed by atoms with Crippen molar-refractivity contribution in [2.45, 2.75) is 11.8 Å². The predicted molar refractivity (Wildman–Crippen MR) is 137 cm³/mol. The van der Waals surface area contributed by atoms with Crippen LogP contribution in [0.1, 0.15) is 11.1 Å². The number of hydrogen-bond acceptors (Lipinski definition) is 9. The van der Waals surface area contributed by atoms with E-state index in [0.717, 1.165) is 46.5 Å². The number of benzene rings is 3. The minimum absolute atomic E-state index is 0.0110. The maximum Gasteiger partial charge on any atom is 0.339 e. The van der Waals surface area contributed by atoms with Gasteiger partial charge < -0.3 is 8.92 Å². The molecule has 3 aromatic rings. The SMILES string of the molecule is Cc1ccc(OCCN2C(=O)S/C(=C\c3ccc(OS(=O)(=O)c4ccc([N+](=O)[O-])cc4)cc3)C2=O)cc1. The Morgan fingerprint density at radius 1 is 0.946 bits per heavy atom. The van der Waals surface area contributed by atoms with Gasteiger partial charge in [-0.15, -0.1) is 0 Å². The van der Waals surface area contributed by atoms with Gasteiger partial charge in [-0.05, 0) is 66.7 Å². The summed E-state index contributed by atoms with van der Waals surface area (Å²) in [7, 11) is -4.20. The van der Waals surface area contributed by atoms with E-state index in [1.54, 1.807) is 0 Å². The van der Waals surface area contributed by atoms with Gasteiger partial charge in [-0.2, -0.15) is 8.42 Å². The predicted octanol–water partition coefficient (Wildman–Crippen LogP) is 4.79. The van der Waals surface area contributed by atoms with E-state index in [-0.39, 0.29) is 34.4 Å². The smallest absolute Gasteiger partial charge is 0.339 e. The van der Waals surface area contributed by atoms with E-state index in [9.17, 15) is 28.1 Å². The Hall–Kier alpha value is -4.16. The molecule has 0 aliphatic carbocycles. The third-order valence-corrected chi connectivity index (χ3v) is 7.37. The average Bonchev–Trinajstić information content (AvgIpc) is 3.13. The summed E-state index contributed by atoms with van der Waals surface area (Å²) in [6, 6.07) is 17.6. The van der Waals surface area contributed by atoms with Crippen molar-refractivity contribution in [2.75, 3.05) is 13.2 Å². The molecule has 2 amide bonds. The van der Waals surface area contributed by atoms with Crippen LogP contribution in [0.25, 0.3) is 6.08 Å². The summed E-state index contributed by atoms with van der Waals surface area (Å²) in [4.78, 5) is 36.2. The number of nitro groups is 1. The van der Waals surface area contributed by atoms with E-state index >= 15 is 0 Å². The van der Waals surface area contributed by atoms with E-state index in [0.29, 0.717) is 11.3 Å². The lowest BCUT2D eigenvalue weighted by molar-refractivity contribution is -0.384. The van der Waals surface area contributed by atoms with E-state index in [1.165, 1.54) is 30.3 Å². The number of nitrogens with zero attached hydrogens (tertiary/aromatic N) is 2. The van der Waals surface area contributed by atoms with Crippen molar-refractivity contribution >= 4 is 44.8 Å². The summed E-state index contributed by atoms with van der Waals surface area (Å²) >= 11 is 0.807. The first-order valence-corrected chi connectivity index (χ1v) is 13.1. The highest BCUT2D eigenvalue weighted by Gasteiger charge is 2.34. The fourth-order valence-corrected chi connectivity index (χ4v) is 5.06. The minimum Gasteiger partial charge on any atom is -0.492 e. The van der Waals surface area contributed by atoms with Gasteiger partial charge >= 0.3 is 10.1 Å². The van der Waals surface area contributed by atoms with Crippen LogP contribution in [0.15, 0.2) is 82.6 Å². The van der Waals surface area contributed by atoms with E-state index in [1.807, 2.05) is 31.2 Å². The topological polar surface area (TPSA) is 133 Å². The minimum atomic E-state index is -4.20. The molecule has 0 bridgehead atoms. The Labute approximate surface area is 216 Å². The number of aryl methyl sites for hydroxylation is 1. The van der Waals surface area contributed by atoms with E-state index in [2.05, 4.69) is 0 Å². The Balaban J connectivity index is 1.37. The van der Waals surface area contributed by atoms with Gasteiger partial charge in [-0.1, -0.05) is 29.8 Å². The fourth-order valence-electron chi connectivity index (χ4n) is 3.26. The highest BCUT2D eigenvalue weighted by atomic mass is 32.2. The van der Waals surface area contributed by atoms with Gasteiger partial charge in [-0.25, -0.2) is 0 Å². The molecule has 0 N–H and O–H groups in total. The molecule has 1 aliphatic rings. The molecule has 1 fully saturated rings. The summed E-state index contributed by atoms with van der Waals surface area (Å²) < 4.78 is 35.6. The van der Waals surface area contributed by atoms with Crippen LogP contribution in [0.2, 0.25) is 0 Å². The number of thioether (sulfide) groups is 1. The molecule has 10 nitrogen and oxygen atoms in total. The monoisotopic (exact) mass is 540 g/mol. The number of carbonyl (C=O) groups excluding carboxylic acids is 2. The Bertz CT molecular complexity index is 1470. The van der Waals surface area contributed by atoms with Crippen molar-refractivity contribution in [1.29, 1.82) is 0 Å². The maximum atomic E-state index is 12.7. The van der Waals surface area contributed by atoms with Crippen molar-refractivity contribution in [1.82, 2.24) is 4.90 Å². The summed E-state index contributed by atoms with van der Waals surface area (Å²) in [6.07, 6.45) is 1.53. The number of amides is 2. The van der Waals surface area contributed by atoms with Crippen LogP contribution in [0.3, 0.4) is 0 Å². The van der Waals surface area contributed by atoms with Gasteiger partial charge in [0.15, 0.2) is 0 Å². The quantitative estimate of drug-likeness (QED) is 0.163. The Morgan fingerprint density at radius 3 is 2.19 bits per heavy atom. The number of ether oxygens (including phenoxy) is 1. The van der Waals surface area contributed by atoms with Crippen LogP contribution in [-0.4, -0.2) is 42.5 Å². The maximum absolute atomic E-state index is 12.7. The molecule has 0 radical (unpaired) electrons. The zero-order valence-electron chi connectivity index (χ0n) is 19.4. The molecule has 0 spiro atoms. The number of imide groups is 1. The molecular weight excluding hydrogens is 520 g/mol. The lowest BCUT2D eigenvalue weighted by Gasteiger charge is -2.13. The molecule has 1 saturated heterocycles. The van der Waals surface area contributed by atoms with Crippen LogP contribution in [0.4, 0.5) is 10.5 Å². The summed E-state index contributed by atoms with van der Waals surface area (Å²) in [5.74, 6) is 0.214. The van der Waals surface area contributed by atoms with E-state index < -0.39 is 26.2 Å². The van der Waals surface area contributed by atoms with Crippen LogP contribution >= 0.6 is 11.8 Å². The summed E-state index contributed by atoms with van der Waals surface area (Å²) in [5, 5.41) is 10.3. The molecular formula is C25H20N2O8S2. The normalized spacial score (nSPS) is 14.7. The molecule has 190 valence electrons. The summed E-state index contributed by atoms with van der Waals surface area (Å²) in [6.45, 7) is 2.22. The number of nitro benzene ring substituents is 1. The first-order chi connectivity index (χ1) is 17.6. The van der Waals surface area contributed by atoms with Crippen molar-refractivity contribution in [3.8, 4) is 11.5 Å². The van der Waals surface area contributed by atoms with Crippen LogP contribution in [0, 0.1) is 17.0 Å². The largest absolute Gasteiger partial charge is 0.492 e. The molecule has 0 aromatic heterocycles. The number of rotatable bonds is 9. The first kappa shape index (κ1) is 25.9. The van der Waals surface area contributed by atoms with Crippen LogP contribution in [-0.2, 0) is 14.9 Å². The molecule has 12 heteroatoms. The van der Waals surface area contributed by atoms with Crippen LogP contribution in [0.5, 0.6) is 11.5 Å². The van der Waals surface area contributed by atoms with Crippen molar-refractivity contribution in [3.05, 3.63) is 98.9 Å². The highest BCUT2D eigenvalue weighted by Crippen LogP contribution is 2.32. The molecule has 3 aromatic carbocycles. The molecule has 1 aliphatic heterocycles. The summed E-state index contributed by atoms with van der Waals surface area (Å²) in [5.41, 5.74) is 1.40. The highest BCUT2D eigenvalue weighted by molar-refractivity contribution is 8.18. The fraction of sp³-hybridized carbons (Fsp3) is 0.120. The molecule has 1 heterocycles. The standard InChI is InChI=1S/C25H20N2O8S2/c1-17-2-8-20(9-3-17)34-15-14-26-24(28)23(36-25(26)29)16-18-4-10-21(11-5-18)35-37(32,33)22-12-6-19(7-13-22)27(30)31/h2-13,16H,14-15H2,1H3/b23-16-. The molecule has 0 saturated carbocycles. The average molecular weight is 541 g/mol. The van der Waals surface area contributed by atoms with Crippen molar-refractivity contribution in [2.24, 2.45) is 0 Å². The van der Waals surface area contributed by atoms with Gasteiger partial charge in [0, 0.05) is 12.1 Å². The molecule has 0 unspecified atom stereocenters. The van der Waals surface area contributed by atoms with Gasteiger partial charge in [0.2, 0.25) is 0 Å². The number of non-ortho nitro benzene ring substituents is 1. The van der Waals surface area contributed by atoms with Crippen LogP contribution < -0.4 is 8.92 Å².